The fourth-order valence-electron chi connectivity index (χ4n) is 4.63. The maximum atomic E-state index is 13.4. The molecule has 0 saturated carbocycles. The van der Waals surface area contributed by atoms with Gasteiger partial charge in [0, 0.05) is 48.3 Å². The van der Waals surface area contributed by atoms with E-state index in [1.54, 1.807) is 42.1 Å². The van der Waals surface area contributed by atoms with Crippen molar-refractivity contribution in [3.8, 4) is 5.75 Å². The molecule has 1 saturated heterocycles. The van der Waals surface area contributed by atoms with Gasteiger partial charge in [-0.05, 0) is 42.5 Å². The molecule has 9 heteroatoms. The van der Waals surface area contributed by atoms with Crippen LogP contribution in [0.15, 0.2) is 88.8 Å². The maximum absolute atomic E-state index is 13.4. The number of sulfone groups is 1. The normalized spacial score (nSPS) is 14.3. The third kappa shape index (κ3) is 4.54. The number of ether oxygens (including phenoxy) is 1. The number of para-hydroxylation sites is 3. The van der Waals surface area contributed by atoms with E-state index in [2.05, 4.69) is 4.90 Å². The highest BCUT2D eigenvalue weighted by molar-refractivity contribution is 7.91. The van der Waals surface area contributed by atoms with E-state index in [9.17, 15) is 13.2 Å². The zero-order valence-electron chi connectivity index (χ0n) is 19.8. The summed E-state index contributed by atoms with van der Waals surface area (Å²) in [4.78, 5) is 17.6. The van der Waals surface area contributed by atoms with Crippen LogP contribution in [0.3, 0.4) is 0 Å². The number of halogens is 1. The number of hydrogen-bond donors (Lipinski definition) is 0. The Labute approximate surface area is 215 Å². The van der Waals surface area contributed by atoms with Crippen molar-refractivity contribution in [2.45, 2.75) is 16.3 Å². The summed E-state index contributed by atoms with van der Waals surface area (Å²) in [7, 11) is -2.14. The van der Waals surface area contributed by atoms with Crippen molar-refractivity contribution in [1.29, 1.82) is 0 Å². The maximum Gasteiger partial charge on any atom is 0.242 e. The molecule has 1 fully saturated rings. The number of methoxy groups -OCH3 is 1. The molecule has 0 unspecified atom stereocenters. The van der Waals surface area contributed by atoms with Crippen LogP contribution in [0.1, 0.15) is 0 Å². The lowest BCUT2D eigenvalue weighted by molar-refractivity contribution is -0.132. The molecule has 5 rings (SSSR count). The third-order valence-electron chi connectivity index (χ3n) is 6.53. The molecular formula is C27H26ClN3O4S. The molecule has 36 heavy (non-hydrogen) atoms. The Balaban J connectivity index is 1.36. The topological polar surface area (TPSA) is 71.8 Å². The minimum atomic E-state index is -3.79. The highest BCUT2D eigenvalue weighted by Crippen LogP contribution is 2.31. The number of amides is 1. The zero-order valence-corrected chi connectivity index (χ0v) is 21.4. The molecule has 0 aliphatic carbocycles. The number of fused-ring (bicyclic) bond motifs is 1. The van der Waals surface area contributed by atoms with Crippen LogP contribution >= 0.6 is 11.6 Å². The van der Waals surface area contributed by atoms with E-state index in [0.29, 0.717) is 42.1 Å². The third-order valence-corrected chi connectivity index (χ3v) is 8.58. The summed E-state index contributed by atoms with van der Waals surface area (Å²) in [5.74, 6) is 0.761. The molecule has 0 radical (unpaired) electrons. The molecule has 1 aliphatic rings. The van der Waals surface area contributed by atoms with Gasteiger partial charge >= 0.3 is 0 Å². The van der Waals surface area contributed by atoms with E-state index in [0.717, 1.165) is 11.4 Å². The molecule has 3 aromatic carbocycles. The van der Waals surface area contributed by atoms with E-state index in [1.807, 2.05) is 41.3 Å². The van der Waals surface area contributed by atoms with Gasteiger partial charge in [-0.1, -0.05) is 41.9 Å². The van der Waals surface area contributed by atoms with Crippen LogP contribution < -0.4 is 9.64 Å². The first-order chi connectivity index (χ1) is 17.4. The quantitative estimate of drug-likeness (QED) is 0.372. The highest BCUT2D eigenvalue weighted by Gasteiger charge is 2.26. The smallest absolute Gasteiger partial charge is 0.242 e. The molecule has 0 spiro atoms. The number of aromatic nitrogens is 1. The Bertz CT molecular complexity index is 1510. The van der Waals surface area contributed by atoms with Crippen LogP contribution in [0.25, 0.3) is 10.9 Å². The summed E-state index contributed by atoms with van der Waals surface area (Å²) >= 11 is 5.95. The molecule has 0 bridgehead atoms. The lowest BCUT2D eigenvalue weighted by Gasteiger charge is -2.36. The number of rotatable bonds is 6. The summed E-state index contributed by atoms with van der Waals surface area (Å²) < 4.78 is 34.0. The Morgan fingerprint density at radius 2 is 1.58 bits per heavy atom. The second kappa shape index (κ2) is 9.87. The molecule has 1 amide bonds. The zero-order chi connectivity index (χ0) is 25.3. The van der Waals surface area contributed by atoms with Crippen LogP contribution in [0.4, 0.5) is 5.69 Å². The van der Waals surface area contributed by atoms with E-state index in [1.165, 1.54) is 12.1 Å². The van der Waals surface area contributed by atoms with Crippen molar-refractivity contribution < 1.29 is 17.9 Å². The van der Waals surface area contributed by atoms with Gasteiger partial charge in [0.05, 0.1) is 22.6 Å². The predicted molar refractivity (Wildman–Crippen MR) is 141 cm³/mol. The monoisotopic (exact) mass is 523 g/mol. The summed E-state index contributed by atoms with van der Waals surface area (Å²) in [6.45, 7) is 2.59. The van der Waals surface area contributed by atoms with E-state index in [-0.39, 0.29) is 22.2 Å². The number of carbonyl (C=O) groups is 1. The molecule has 0 atom stereocenters. The van der Waals surface area contributed by atoms with Gasteiger partial charge in [-0.2, -0.15) is 0 Å². The highest BCUT2D eigenvalue weighted by atomic mass is 35.5. The van der Waals surface area contributed by atoms with Gasteiger partial charge in [-0.15, -0.1) is 0 Å². The molecular weight excluding hydrogens is 498 g/mol. The molecule has 1 aromatic heterocycles. The van der Waals surface area contributed by atoms with Crippen molar-refractivity contribution in [3.05, 3.63) is 84.0 Å². The minimum absolute atomic E-state index is 0.0501. The second-order valence-corrected chi connectivity index (χ2v) is 11.0. The number of nitrogens with zero attached hydrogens (tertiary/aromatic N) is 3. The van der Waals surface area contributed by atoms with Crippen LogP contribution in [0.5, 0.6) is 5.75 Å². The molecule has 7 nitrogen and oxygen atoms in total. The number of carbonyl (C=O) groups excluding carboxylic acids is 1. The van der Waals surface area contributed by atoms with Crippen molar-refractivity contribution >= 4 is 43.9 Å². The number of hydrogen-bond acceptors (Lipinski definition) is 5. The number of benzene rings is 3. The van der Waals surface area contributed by atoms with Crippen LogP contribution in [-0.2, 0) is 21.2 Å². The summed E-state index contributed by atoms with van der Waals surface area (Å²) in [6, 6.07) is 21.2. The van der Waals surface area contributed by atoms with Crippen LogP contribution in [0.2, 0.25) is 5.02 Å². The predicted octanol–water partition coefficient (Wildman–Crippen LogP) is 4.48. The van der Waals surface area contributed by atoms with Crippen molar-refractivity contribution in [1.82, 2.24) is 9.47 Å². The Hall–Kier alpha value is -3.49. The van der Waals surface area contributed by atoms with Crippen molar-refractivity contribution in [3.63, 3.8) is 0 Å². The van der Waals surface area contributed by atoms with Crippen LogP contribution in [-0.4, -0.2) is 57.1 Å². The van der Waals surface area contributed by atoms with Gasteiger partial charge in [-0.25, -0.2) is 8.42 Å². The fraction of sp³-hybridized carbons (Fsp3) is 0.222. The number of piperazine rings is 1. The Morgan fingerprint density at radius 3 is 2.31 bits per heavy atom. The van der Waals surface area contributed by atoms with Gasteiger partial charge < -0.3 is 19.1 Å². The van der Waals surface area contributed by atoms with E-state index < -0.39 is 9.84 Å². The first-order valence-electron chi connectivity index (χ1n) is 11.6. The molecule has 1 aliphatic heterocycles. The van der Waals surface area contributed by atoms with Gasteiger partial charge in [0.25, 0.3) is 0 Å². The minimum Gasteiger partial charge on any atom is -0.495 e. The largest absolute Gasteiger partial charge is 0.495 e. The first-order valence-corrected chi connectivity index (χ1v) is 13.5. The molecule has 4 aromatic rings. The van der Waals surface area contributed by atoms with Crippen LogP contribution in [0, 0.1) is 0 Å². The van der Waals surface area contributed by atoms with Gasteiger partial charge in [-0.3, -0.25) is 4.79 Å². The lowest BCUT2D eigenvalue weighted by Crippen LogP contribution is -2.49. The Kier molecular flexibility index (Phi) is 6.64. The first kappa shape index (κ1) is 24.2. The summed E-state index contributed by atoms with van der Waals surface area (Å²) in [6.07, 6.45) is 1.57. The molecule has 186 valence electrons. The lowest BCUT2D eigenvalue weighted by atomic mass is 10.2. The average molecular weight is 524 g/mol. The Morgan fingerprint density at radius 1 is 0.917 bits per heavy atom. The van der Waals surface area contributed by atoms with E-state index >= 15 is 0 Å². The van der Waals surface area contributed by atoms with Crippen molar-refractivity contribution in [2.24, 2.45) is 0 Å². The van der Waals surface area contributed by atoms with Gasteiger partial charge in [0.15, 0.2) is 0 Å². The molecule has 2 heterocycles. The summed E-state index contributed by atoms with van der Waals surface area (Å²) in [5, 5.41) is 1.05. The van der Waals surface area contributed by atoms with Gasteiger partial charge in [0.2, 0.25) is 15.7 Å². The molecule has 0 N–H and O–H groups in total. The SMILES string of the molecule is COc1ccccc1N1CCN(C(=O)Cn2cc(S(=O)(=O)c3ccc(Cl)cc3)c3ccccc32)CC1. The fourth-order valence-corrected chi connectivity index (χ4v) is 6.23. The standard InChI is InChI=1S/C27H26ClN3O4S/c1-35-25-9-5-4-8-24(25)29-14-16-30(17-15-29)27(32)19-31-18-26(22-6-2-3-7-23(22)31)36(33,34)21-12-10-20(28)11-13-21/h2-13,18H,14-17,19H2,1H3. The number of anilines is 1. The second-order valence-electron chi connectivity index (χ2n) is 8.64. The van der Waals surface area contributed by atoms with Crippen molar-refractivity contribution in [2.75, 3.05) is 38.2 Å². The van der Waals surface area contributed by atoms with Gasteiger partial charge in [0.1, 0.15) is 12.3 Å². The average Bonchev–Trinajstić information content (AvgIpc) is 3.28. The summed E-state index contributed by atoms with van der Waals surface area (Å²) in [5.41, 5.74) is 1.71. The van der Waals surface area contributed by atoms with E-state index in [4.69, 9.17) is 16.3 Å².